The molecule has 0 saturated heterocycles. The lowest BCUT2D eigenvalue weighted by Gasteiger charge is -2.18. The van der Waals surface area contributed by atoms with Gasteiger partial charge in [-0.05, 0) is 70.6 Å². The summed E-state index contributed by atoms with van der Waals surface area (Å²) in [5.41, 5.74) is 0. The highest BCUT2D eigenvalue weighted by Crippen LogP contribution is 2.16. The number of unbranched alkanes of at least 4 members (excludes halogenated alkanes) is 34. The molecule has 1 atom stereocenters. The molecule has 64 heavy (non-hydrogen) atoms. The predicted molar refractivity (Wildman–Crippen MR) is 275 cm³/mol. The average Bonchev–Trinajstić information content (AvgIpc) is 3.29. The minimum Gasteiger partial charge on any atom is -0.462 e. The number of carbonyl (C=O) groups excluding carboxylic acids is 3. The van der Waals surface area contributed by atoms with Crippen LogP contribution in [-0.2, 0) is 28.6 Å². The standard InChI is InChI=1S/C58H106O6/c1-4-7-10-13-16-19-22-25-27-28-29-30-31-34-36-39-42-45-48-51-57(60)63-54-55(53-62-56(59)50-47-44-41-38-35-32-24-21-18-15-12-9-6-3)64-58(61)52-49-46-43-40-37-33-26-23-20-17-14-11-8-5-2/h8,11,17,20,32,35,55H,4-7,9-10,12-16,18-19,21-31,33-34,36-54H2,1-3H3/b11-8-,20-17-,35-32-. The predicted octanol–water partition coefficient (Wildman–Crippen LogP) is 18.5. The van der Waals surface area contributed by atoms with Crippen LogP contribution in [0, 0.1) is 0 Å². The topological polar surface area (TPSA) is 78.9 Å². The maximum absolute atomic E-state index is 12.8. The van der Waals surface area contributed by atoms with Gasteiger partial charge in [0.2, 0.25) is 0 Å². The highest BCUT2D eigenvalue weighted by molar-refractivity contribution is 5.71. The van der Waals surface area contributed by atoms with Gasteiger partial charge in [0.05, 0.1) is 0 Å². The second-order valence-corrected chi connectivity index (χ2v) is 18.8. The third kappa shape index (κ3) is 50.6. The third-order valence-electron chi connectivity index (χ3n) is 12.4. The molecule has 0 radical (unpaired) electrons. The number of esters is 3. The summed E-state index contributed by atoms with van der Waals surface area (Å²) in [4.78, 5) is 38.1. The van der Waals surface area contributed by atoms with Gasteiger partial charge in [-0.2, -0.15) is 0 Å². The summed E-state index contributed by atoms with van der Waals surface area (Å²) >= 11 is 0. The summed E-state index contributed by atoms with van der Waals surface area (Å²) in [6.07, 6.45) is 62.8. The molecule has 0 aromatic carbocycles. The van der Waals surface area contributed by atoms with Crippen molar-refractivity contribution in [3.63, 3.8) is 0 Å². The van der Waals surface area contributed by atoms with Crippen molar-refractivity contribution >= 4 is 17.9 Å². The Balaban J connectivity index is 4.32. The number of ether oxygens (including phenoxy) is 3. The van der Waals surface area contributed by atoms with E-state index in [2.05, 4.69) is 57.2 Å². The molecule has 0 N–H and O–H groups in total. The lowest BCUT2D eigenvalue weighted by atomic mass is 10.0. The Bertz CT molecular complexity index is 1080. The molecular weight excluding hydrogens is 793 g/mol. The van der Waals surface area contributed by atoms with Gasteiger partial charge < -0.3 is 14.2 Å². The van der Waals surface area contributed by atoms with Crippen molar-refractivity contribution in [2.75, 3.05) is 13.2 Å². The van der Waals surface area contributed by atoms with Crippen LogP contribution < -0.4 is 0 Å². The van der Waals surface area contributed by atoms with E-state index in [1.54, 1.807) is 0 Å². The Labute approximate surface area is 397 Å². The molecule has 0 aliphatic carbocycles. The molecule has 0 aliphatic heterocycles. The van der Waals surface area contributed by atoms with Gasteiger partial charge >= 0.3 is 17.9 Å². The number of hydrogen-bond donors (Lipinski definition) is 0. The maximum Gasteiger partial charge on any atom is 0.306 e. The van der Waals surface area contributed by atoms with E-state index in [0.29, 0.717) is 19.3 Å². The second-order valence-electron chi connectivity index (χ2n) is 18.8. The van der Waals surface area contributed by atoms with Crippen LogP contribution in [0.1, 0.15) is 297 Å². The minimum absolute atomic E-state index is 0.0767. The van der Waals surface area contributed by atoms with Crippen molar-refractivity contribution in [2.45, 2.75) is 303 Å². The second kappa shape index (κ2) is 53.2. The number of hydrogen-bond acceptors (Lipinski definition) is 6. The Morgan fingerprint density at radius 2 is 0.609 bits per heavy atom. The van der Waals surface area contributed by atoms with Crippen LogP contribution in [0.25, 0.3) is 0 Å². The van der Waals surface area contributed by atoms with Crippen LogP contribution in [0.4, 0.5) is 0 Å². The van der Waals surface area contributed by atoms with Gasteiger partial charge in [-0.3, -0.25) is 14.4 Å². The van der Waals surface area contributed by atoms with E-state index in [1.807, 2.05) is 0 Å². The molecule has 374 valence electrons. The van der Waals surface area contributed by atoms with Crippen LogP contribution in [0.5, 0.6) is 0 Å². The Kier molecular flexibility index (Phi) is 51.3. The highest BCUT2D eigenvalue weighted by Gasteiger charge is 2.19. The van der Waals surface area contributed by atoms with Gasteiger partial charge in [0.25, 0.3) is 0 Å². The molecule has 0 saturated carbocycles. The van der Waals surface area contributed by atoms with E-state index < -0.39 is 6.10 Å². The molecule has 0 aromatic rings. The first-order chi connectivity index (χ1) is 31.5. The molecule has 1 unspecified atom stereocenters. The monoisotopic (exact) mass is 899 g/mol. The van der Waals surface area contributed by atoms with E-state index in [4.69, 9.17) is 14.2 Å². The summed E-state index contributed by atoms with van der Waals surface area (Å²) in [6, 6.07) is 0. The average molecular weight is 899 g/mol. The molecule has 6 nitrogen and oxygen atoms in total. The van der Waals surface area contributed by atoms with Gasteiger partial charge in [0.15, 0.2) is 6.10 Å². The zero-order chi connectivity index (χ0) is 46.5. The first-order valence-corrected chi connectivity index (χ1v) is 28.0. The summed E-state index contributed by atoms with van der Waals surface area (Å²) in [5, 5.41) is 0. The van der Waals surface area contributed by atoms with Crippen molar-refractivity contribution < 1.29 is 28.6 Å². The first kappa shape index (κ1) is 61.6. The molecule has 0 aromatic heterocycles. The summed E-state index contributed by atoms with van der Waals surface area (Å²) in [6.45, 7) is 6.54. The van der Waals surface area contributed by atoms with Gasteiger partial charge in [0.1, 0.15) is 13.2 Å². The van der Waals surface area contributed by atoms with Crippen molar-refractivity contribution in [3.8, 4) is 0 Å². The van der Waals surface area contributed by atoms with Crippen molar-refractivity contribution in [1.29, 1.82) is 0 Å². The molecule has 6 heteroatoms. The third-order valence-corrected chi connectivity index (χ3v) is 12.4. The molecule has 0 spiro atoms. The van der Waals surface area contributed by atoms with Gasteiger partial charge in [-0.25, -0.2) is 0 Å². The fourth-order valence-corrected chi connectivity index (χ4v) is 8.18. The Morgan fingerprint density at radius 1 is 0.328 bits per heavy atom. The minimum atomic E-state index is -0.779. The van der Waals surface area contributed by atoms with E-state index in [-0.39, 0.29) is 31.1 Å². The zero-order valence-electron chi connectivity index (χ0n) is 42.8. The lowest BCUT2D eigenvalue weighted by Crippen LogP contribution is -2.30. The van der Waals surface area contributed by atoms with E-state index in [1.165, 1.54) is 167 Å². The highest BCUT2D eigenvalue weighted by atomic mass is 16.6. The molecule has 0 amide bonds. The number of rotatable bonds is 51. The maximum atomic E-state index is 12.8. The quantitative estimate of drug-likeness (QED) is 0.0262. The van der Waals surface area contributed by atoms with E-state index in [9.17, 15) is 14.4 Å². The van der Waals surface area contributed by atoms with E-state index in [0.717, 1.165) is 89.9 Å². The van der Waals surface area contributed by atoms with Crippen LogP contribution >= 0.6 is 0 Å². The molecule has 0 fully saturated rings. The van der Waals surface area contributed by atoms with Gasteiger partial charge in [-0.15, -0.1) is 0 Å². The SMILES string of the molecule is CC/C=C\C/C=C\CCCCCCCCCC(=O)OC(COC(=O)CCCCC/C=C\CCCCCCCC)COC(=O)CCCCCCCCCCCCCCCCCCCCC. The van der Waals surface area contributed by atoms with Crippen LogP contribution in [0.15, 0.2) is 36.5 Å². The van der Waals surface area contributed by atoms with Gasteiger partial charge in [0, 0.05) is 19.3 Å². The number of carbonyl (C=O) groups is 3. The first-order valence-electron chi connectivity index (χ1n) is 28.0. The fraction of sp³-hybridized carbons (Fsp3) is 0.845. The van der Waals surface area contributed by atoms with Crippen molar-refractivity contribution in [3.05, 3.63) is 36.5 Å². The lowest BCUT2D eigenvalue weighted by molar-refractivity contribution is -0.167. The Hall–Kier alpha value is -2.37. The molecule has 0 aliphatic rings. The smallest absolute Gasteiger partial charge is 0.306 e. The molecule has 0 rings (SSSR count). The molecular formula is C58H106O6. The summed E-state index contributed by atoms with van der Waals surface area (Å²) < 4.78 is 16.8. The number of allylic oxidation sites excluding steroid dienone is 6. The van der Waals surface area contributed by atoms with Crippen molar-refractivity contribution in [1.82, 2.24) is 0 Å². The van der Waals surface area contributed by atoms with Crippen LogP contribution in [-0.4, -0.2) is 37.2 Å². The normalized spacial score (nSPS) is 12.2. The Morgan fingerprint density at radius 3 is 0.969 bits per heavy atom. The molecule has 0 heterocycles. The van der Waals surface area contributed by atoms with E-state index >= 15 is 0 Å². The molecule has 0 bridgehead atoms. The van der Waals surface area contributed by atoms with Gasteiger partial charge in [-0.1, -0.05) is 243 Å². The van der Waals surface area contributed by atoms with Crippen LogP contribution in [0.2, 0.25) is 0 Å². The summed E-state index contributed by atoms with van der Waals surface area (Å²) in [7, 11) is 0. The zero-order valence-corrected chi connectivity index (χ0v) is 42.8. The summed E-state index contributed by atoms with van der Waals surface area (Å²) in [5.74, 6) is -0.887. The largest absolute Gasteiger partial charge is 0.462 e. The van der Waals surface area contributed by atoms with Crippen molar-refractivity contribution in [2.24, 2.45) is 0 Å². The van der Waals surface area contributed by atoms with Crippen LogP contribution in [0.3, 0.4) is 0 Å². The fourth-order valence-electron chi connectivity index (χ4n) is 8.18.